The lowest BCUT2D eigenvalue weighted by Crippen LogP contribution is -2.11. The number of rotatable bonds is 5. The number of carbonyl (C=O) groups excluding carboxylic acids is 1. The maximum atomic E-state index is 13.8. The average Bonchev–Trinajstić information content (AvgIpc) is 2.70. The van der Waals surface area contributed by atoms with E-state index in [4.69, 9.17) is 0 Å². The molecule has 0 aliphatic heterocycles. The Bertz CT molecular complexity index is 634. The summed E-state index contributed by atoms with van der Waals surface area (Å²) in [6.07, 6.45) is 0.928. The molecule has 0 atom stereocenters. The summed E-state index contributed by atoms with van der Waals surface area (Å²) in [5.41, 5.74) is 1.11. The monoisotopic (exact) mass is 275 g/mol. The zero-order valence-electron chi connectivity index (χ0n) is 11.9. The molecule has 0 bridgehead atoms. The molecule has 0 fully saturated rings. The number of nitrogens with zero attached hydrogens (tertiary/aromatic N) is 2. The number of carbonyl (C=O) groups is 1. The van der Waals surface area contributed by atoms with Crippen LogP contribution < -0.4 is 5.32 Å². The summed E-state index contributed by atoms with van der Waals surface area (Å²) in [5.74, 6) is -0.216. The van der Waals surface area contributed by atoms with Crippen LogP contribution in [0.5, 0.6) is 0 Å². The fourth-order valence-corrected chi connectivity index (χ4v) is 2.16. The fourth-order valence-electron chi connectivity index (χ4n) is 2.16. The SMILES string of the molecule is CCCNc1c(C(=O)c2ccccc2F)c(C)nn1C. The molecule has 2 aromatic rings. The molecule has 5 heteroatoms. The van der Waals surface area contributed by atoms with Crippen molar-refractivity contribution in [3.8, 4) is 0 Å². The molecule has 1 N–H and O–H groups in total. The fraction of sp³-hybridized carbons (Fsp3) is 0.333. The summed E-state index contributed by atoms with van der Waals surface area (Å²) < 4.78 is 15.4. The second-order valence-electron chi connectivity index (χ2n) is 4.67. The van der Waals surface area contributed by atoms with E-state index in [1.807, 2.05) is 6.92 Å². The molecule has 0 aliphatic rings. The van der Waals surface area contributed by atoms with E-state index in [0.29, 0.717) is 17.1 Å². The summed E-state index contributed by atoms with van der Waals surface area (Å²) >= 11 is 0. The molecule has 1 aromatic heterocycles. The van der Waals surface area contributed by atoms with E-state index in [9.17, 15) is 9.18 Å². The van der Waals surface area contributed by atoms with E-state index < -0.39 is 5.82 Å². The highest BCUT2D eigenvalue weighted by molar-refractivity contribution is 6.12. The minimum atomic E-state index is -0.512. The summed E-state index contributed by atoms with van der Waals surface area (Å²) in [4.78, 5) is 12.6. The van der Waals surface area contributed by atoms with Gasteiger partial charge in [0.2, 0.25) is 5.78 Å². The Morgan fingerprint density at radius 3 is 2.75 bits per heavy atom. The lowest BCUT2D eigenvalue weighted by atomic mass is 10.0. The zero-order chi connectivity index (χ0) is 14.7. The number of ketones is 1. The molecule has 0 spiro atoms. The number of nitrogens with one attached hydrogen (secondary N) is 1. The van der Waals surface area contributed by atoms with Crippen LogP contribution in [0.3, 0.4) is 0 Å². The maximum absolute atomic E-state index is 13.8. The molecule has 0 saturated carbocycles. The first-order valence-corrected chi connectivity index (χ1v) is 6.63. The molecule has 20 heavy (non-hydrogen) atoms. The molecule has 0 aliphatic carbocycles. The molecule has 4 nitrogen and oxygen atoms in total. The summed E-state index contributed by atoms with van der Waals surface area (Å²) in [7, 11) is 1.77. The Balaban J connectivity index is 2.47. The van der Waals surface area contributed by atoms with Gasteiger partial charge in [-0.3, -0.25) is 9.48 Å². The Labute approximate surface area is 117 Å². The summed E-state index contributed by atoms with van der Waals surface area (Å²) in [6, 6.07) is 6.01. The van der Waals surface area contributed by atoms with Crippen LogP contribution in [0.1, 0.15) is 35.0 Å². The number of hydrogen-bond donors (Lipinski definition) is 1. The highest BCUT2D eigenvalue weighted by Crippen LogP contribution is 2.23. The van der Waals surface area contributed by atoms with Crippen molar-refractivity contribution in [2.45, 2.75) is 20.3 Å². The third kappa shape index (κ3) is 2.57. The van der Waals surface area contributed by atoms with Crippen LogP contribution in [-0.2, 0) is 7.05 Å². The molecule has 1 heterocycles. The molecule has 106 valence electrons. The number of aryl methyl sites for hydroxylation is 2. The van der Waals surface area contributed by atoms with Gasteiger partial charge in [0.1, 0.15) is 11.6 Å². The van der Waals surface area contributed by atoms with Crippen LogP contribution in [0, 0.1) is 12.7 Å². The van der Waals surface area contributed by atoms with Gasteiger partial charge >= 0.3 is 0 Å². The second kappa shape index (κ2) is 5.86. The quantitative estimate of drug-likeness (QED) is 0.853. The van der Waals surface area contributed by atoms with Gasteiger partial charge in [0, 0.05) is 13.6 Å². The topological polar surface area (TPSA) is 46.9 Å². The van der Waals surface area contributed by atoms with Crippen LogP contribution >= 0.6 is 0 Å². The van der Waals surface area contributed by atoms with Crippen molar-refractivity contribution in [1.82, 2.24) is 9.78 Å². The normalized spacial score (nSPS) is 10.6. The molecule has 0 amide bonds. The first-order chi connectivity index (χ1) is 9.56. The molecular formula is C15H18FN3O. The van der Waals surface area contributed by atoms with Crippen LogP contribution in [-0.4, -0.2) is 22.1 Å². The Morgan fingerprint density at radius 2 is 2.10 bits per heavy atom. The van der Waals surface area contributed by atoms with Gasteiger partial charge in [-0.15, -0.1) is 0 Å². The van der Waals surface area contributed by atoms with Crippen LogP contribution in [0.25, 0.3) is 0 Å². The van der Waals surface area contributed by atoms with Gasteiger partial charge in [-0.05, 0) is 25.5 Å². The van der Waals surface area contributed by atoms with E-state index in [-0.39, 0.29) is 11.3 Å². The van der Waals surface area contributed by atoms with Gasteiger partial charge in [-0.1, -0.05) is 19.1 Å². The van der Waals surface area contributed by atoms with Crippen molar-refractivity contribution in [3.05, 3.63) is 46.9 Å². The van der Waals surface area contributed by atoms with Crippen molar-refractivity contribution in [2.24, 2.45) is 7.05 Å². The van der Waals surface area contributed by atoms with E-state index in [0.717, 1.165) is 13.0 Å². The third-order valence-electron chi connectivity index (χ3n) is 3.11. The number of benzene rings is 1. The maximum Gasteiger partial charge on any atom is 0.201 e. The smallest absolute Gasteiger partial charge is 0.201 e. The van der Waals surface area contributed by atoms with E-state index in [1.165, 1.54) is 12.1 Å². The third-order valence-corrected chi connectivity index (χ3v) is 3.11. The molecule has 1 aromatic carbocycles. The predicted octanol–water partition coefficient (Wildman–Crippen LogP) is 2.92. The van der Waals surface area contributed by atoms with Gasteiger partial charge < -0.3 is 5.32 Å². The van der Waals surface area contributed by atoms with Crippen LogP contribution in [0.4, 0.5) is 10.2 Å². The van der Waals surface area contributed by atoms with Crippen LogP contribution in [0.15, 0.2) is 24.3 Å². The first-order valence-electron chi connectivity index (χ1n) is 6.63. The largest absolute Gasteiger partial charge is 0.370 e. The standard InChI is InChI=1S/C15H18FN3O/c1-4-9-17-15-13(10(2)18-19(15)3)14(20)11-7-5-6-8-12(11)16/h5-8,17H,4,9H2,1-3H3. The highest BCUT2D eigenvalue weighted by atomic mass is 19.1. The number of anilines is 1. The van der Waals surface area contributed by atoms with Gasteiger partial charge in [0.15, 0.2) is 0 Å². The molecule has 0 unspecified atom stereocenters. The van der Waals surface area contributed by atoms with Crippen molar-refractivity contribution < 1.29 is 9.18 Å². The van der Waals surface area contributed by atoms with Crippen molar-refractivity contribution in [2.75, 3.05) is 11.9 Å². The van der Waals surface area contributed by atoms with Crippen molar-refractivity contribution in [1.29, 1.82) is 0 Å². The van der Waals surface area contributed by atoms with Crippen molar-refractivity contribution >= 4 is 11.6 Å². The zero-order valence-corrected chi connectivity index (χ0v) is 11.9. The Morgan fingerprint density at radius 1 is 1.40 bits per heavy atom. The molecular weight excluding hydrogens is 257 g/mol. The van der Waals surface area contributed by atoms with Gasteiger partial charge in [-0.2, -0.15) is 5.10 Å². The molecule has 0 saturated heterocycles. The van der Waals surface area contributed by atoms with E-state index in [1.54, 1.807) is 30.8 Å². The first kappa shape index (κ1) is 14.2. The number of halogens is 1. The Kier molecular flexibility index (Phi) is 4.17. The average molecular weight is 275 g/mol. The molecule has 2 rings (SSSR count). The van der Waals surface area contributed by atoms with Crippen LogP contribution in [0.2, 0.25) is 0 Å². The lowest BCUT2D eigenvalue weighted by Gasteiger charge is -2.08. The predicted molar refractivity (Wildman–Crippen MR) is 76.6 cm³/mol. The van der Waals surface area contributed by atoms with Gasteiger partial charge in [-0.25, -0.2) is 4.39 Å². The summed E-state index contributed by atoms with van der Waals surface area (Å²) in [6.45, 7) is 4.52. The van der Waals surface area contributed by atoms with Crippen molar-refractivity contribution in [3.63, 3.8) is 0 Å². The summed E-state index contributed by atoms with van der Waals surface area (Å²) in [5, 5.41) is 7.43. The van der Waals surface area contributed by atoms with E-state index >= 15 is 0 Å². The minimum Gasteiger partial charge on any atom is -0.370 e. The lowest BCUT2D eigenvalue weighted by molar-refractivity contribution is 0.103. The number of aromatic nitrogens is 2. The van der Waals surface area contributed by atoms with Gasteiger partial charge in [0.25, 0.3) is 0 Å². The van der Waals surface area contributed by atoms with Gasteiger partial charge in [0.05, 0.1) is 16.8 Å². The van der Waals surface area contributed by atoms with E-state index in [2.05, 4.69) is 10.4 Å². The molecule has 0 radical (unpaired) electrons. The highest BCUT2D eigenvalue weighted by Gasteiger charge is 2.23. The second-order valence-corrected chi connectivity index (χ2v) is 4.67. The number of hydrogen-bond acceptors (Lipinski definition) is 3. The minimum absolute atomic E-state index is 0.0724. The Hall–Kier alpha value is -2.17.